The maximum absolute atomic E-state index is 5.91. The summed E-state index contributed by atoms with van der Waals surface area (Å²) < 4.78 is 1.08. The summed E-state index contributed by atoms with van der Waals surface area (Å²) in [6, 6.07) is 12.2. The van der Waals surface area contributed by atoms with Crippen molar-refractivity contribution in [3.05, 3.63) is 40.9 Å². The number of halogens is 1. The summed E-state index contributed by atoms with van der Waals surface area (Å²) in [5.74, 6) is 0.961. The minimum atomic E-state index is 0.459. The molecule has 3 nitrogen and oxygen atoms in total. The van der Waals surface area contributed by atoms with Gasteiger partial charge in [-0.25, -0.2) is 0 Å². The minimum Gasteiger partial charge on any atom is -0.370 e. The second-order valence-electron chi connectivity index (χ2n) is 4.89. The molecule has 100 valence electrons. The molecule has 0 fully saturated rings. The van der Waals surface area contributed by atoms with Crippen molar-refractivity contribution in [3.8, 4) is 0 Å². The van der Waals surface area contributed by atoms with Crippen molar-refractivity contribution in [1.29, 1.82) is 0 Å². The first-order chi connectivity index (χ1) is 9.08. The van der Waals surface area contributed by atoms with Crippen LogP contribution in [0.15, 0.2) is 45.9 Å². The first-order valence-electron chi connectivity index (χ1n) is 6.32. The summed E-state index contributed by atoms with van der Waals surface area (Å²) in [5.41, 5.74) is 6.89. The quantitative estimate of drug-likeness (QED) is 0.664. The van der Waals surface area contributed by atoms with Crippen LogP contribution in [0.4, 0.5) is 5.69 Å². The minimum absolute atomic E-state index is 0.459. The average molecular weight is 320 g/mol. The molecule has 2 aromatic carbocycles. The van der Waals surface area contributed by atoms with E-state index in [4.69, 9.17) is 5.73 Å². The first kappa shape index (κ1) is 13.9. The van der Waals surface area contributed by atoms with Gasteiger partial charge in [-0.2, -0.15) is 0 Å². The molecule has 0 aromatic heterocycles. The van der Waals surface area contributed by atoms with E-state index < -0.39 is 0 Å². The van der Waals surface area contributed by atoms with Gasteiger partial charge in [-0.3, -0.25) is 4.99 Å². The van der Waals surface area contributed by atoms with E-state index in [0.717, 1.165) is 27.5 Å². The number of anilines is 1. The van der Waals surface area contributed by atoms with E-state index in [1.165, 1.54) is 0 Å². The molecule has 19 heavy (non-hydrogen) atoms. The van der Waals surface area contributed by atoms with Gasteiger partial charge < -0.3 is 11.1 Å². The van der Waals surface area contributed by atoms with E-state index in [9.17, 15) is 0 Å². The Kier molecular flexibility index (Phi) is 4.43. The van der Waals surface area contributed by atoms with Gasteiger partial charge >= 0.3 is 0 Å². The number of fused-ring (bicyclic) bond motifs is 1. The number of hydrogen-bond acceptors (Lipinski definition) is 1. The zero-order valence-corrected chi connectivity index (χ0v) is 12.7. The highest BCUT2D eigenvalue weighted by Crippen LogP contribution is 2.29. The lowest BCUT2D eigenvalue weighted by molar-refractivity contribution is 0.665. The zero-order valence-electron chi connectivity index (χ0n) is 11.2. The summed E-state index contributed by atoms with van der Waals surface area (Å²) in [5, 5.41) is 5.46. The van der Waals surface area contributed by atoms with Crippen LogP contribution in [0.25, 0.3) is 10.8 Å². The molecule has 0 heterocycles. The Bertz CT molecular complexity index is 605. The summed E-state index contributed by atoms with van der Waals surface area (Å²) >= 11 is 3.56. The summed E-state index contributed by atoms with van der Waals surface area (Å²) in [4.78, 5) is 4.32. The highest BCUT2D eigenvalue weighted by molar-refractivity contribution is 9.10. The van der Waals surface area contributed by atoms with Gasteiger partial charge in [-0.15, -0.1) is 0 Å². The second-order valence-corrected chi connectivity index (χ2v) is 5.74. The lowest BCUT2D eigenvalue weighted by atomic mass is 10.1. The summed E-state index contributed by atoms with van der Waals surface area (Å²) in [6.45, 7) is 4.96. The fourth-order valence-electron chi connectivity index (χ4n) is 1.83. The van der Waals surface area contributed by atoms with E-state index in [1.807, 2.05) is 24.3 Å². The van der Waals surface area contributed by atoms with Gasteiger partial charge in [0.2, 0.25) is 0 Å². The standard InChI is InChI=1S/C15H18BrN3/c1-10(2)9-18-15(17)19-14-8-7-13(16)11-5-3-4-6-12(11)14/h3-8,10H,9H2,1-2H3,(H3,17,18,19). The molecule has 0 atom stereocenters. The van der Waals surface area contributed by atoms with Crippen LogP contribution < -0.4 is 11.1 Å². The van der Waals surface area contributed by atoms with Crippen LogP contribution in [0.1, 0.15) is 13.8 Å². The molecule has 0 aliphatic carbocycles. The topological polar surface area (TPSA) is 50.4 Å². The van der Waals surface area contributed by atoms with E-state index in [0.29, 0.717) is 11.9 Å². The number of benzene rings is 2. The van der Waals surface area contributed by atoms with Crippen LogP contribution in [-0.2, 0) is 0 Å². The summed E-state index contributed by atoms with van der Waals surface area (Å²) in [7, 11) is 0. The Morgan fingerprint density at radius 3 is 2.58 bits per heavy atom. The SMILES string of the molecule is CC(C)CN=C(N)Nc1ccc(Br)c2ccccc12. The predicted octanol–water partition coefficient (Wildman–Crippen LogP) is 3.98. The first-order valence-corrected chi connectivity index (χ1v) is 7.11. The monoisotopic (exact) mass is 319 g/mol. The Morgan fingerprint density at radius 2 is 1.89 bits per heavy atom. The molecular formula is C15H18BrN3. The Balaban J connectivity index is 2.31. The fourth-order valence-corrected chi connectivity index (χ4v) is 2.31. The highest BCUT2D eigenvalue weighted by atomic mass is 79.9. The third-order valence-corrected chi connectivity index (χ3v) is 3.45. The molecule has 4 heteroatoms. The molecule has 0 unspecified atom stereocenters. The van der Waals surface area contributed by atoms with E-state index in [1.54, 1.807) is 0 Å². The number of hydrogen-bond donors (Lipinski definition) is 2. The molecule has 0 saturated carbocycles. The van der Waals surface area contributed by atoms with Crippen LogP contribution in [0.2, 0.25) is 0 Å². The normalized spacial score (nSPS) is 12.1. The second kappa shape index (κ2) is 6.06. The largest absolute Gasteiger partial charge is 0.370 e. The fraction of sp³-hybridized carbons (Fsp3) is 0.267. The van der Waals surface area contributed by atoms with Crippen molar-refractivity contribution in [2.24, 2.45) is 16.6 Å². The molecule has 2 aromatic rings. The van der Waals surface area contributed by atoms with Crippen molar-refractivity contribution in [2.45, 2.75) is 13.8 Å². The number of nitrogens with zero attached hydrogens (tertiary/aromatic N) is 1. The third kappa shape index (κ3) is 3.47. The van der Waals surface area contributed by atoms with Gasteiger partial charge in [0.15, 0.2) is 5.96 Å². The van der Waals surface area contributed by atoms with Crippen LogP contribution in [0.5, 0.6) is 0 Å². The molecule has 0 bridgehead atoms. The van der Waals surface area contributed by atoms with Crippen LogP contribution >= 0.6 is 15.9 Å². The van der Waals surface area contributed by atoms with Gasteiger partial charge in [0, 0.05) is 22.1 Å². The van der Waals surface area contributed by atoms with Crippen LogP contribution in [0, 0.1) is 5.92 Å². The molecule has 0 radical (unpaired) electrons. The maximum atomic E-state index is 5.91. The number of nitrogens with one attached hydrogen (secondary N) is 1. The highest BCUT2D eigenvalue weighted by Gasteiger charge is 2.04. The van der Waals surface area contributed by atoms with E-state index in [2.05, 4.69) is 52.2 Å². The van der Waals surface area contributed by atoms with Crippen molar-refractivity contribution in [3.63, 3.8) is 0 Å². The molecule has 2 rings (SSSR count). The van der Waals surface area contributed by atoms with Gasteiger partial charge in [0.05, 0.1) is 0 Å². The lowest BCUT2D eigenvalue weighted by Gasteiger charge is -2.11. The Hall–Kier alpha value is -1.55. The van der Waals surface area contributed by atoms with Crippen LogP contribution in [0.3, 0.4) is 0 Å². The number of nitrogens with two attached hydrogens (primary N) is 1. The molecule has 0 spiro atoms. The Labute approximate surface area is 122 Å². The molecule has 3 N–H and O–H groups in total. The van der Waals surface area contributed by atoms with Gasteiger partial charge in [0.25, 0.3) is 0 Å². The van der Waals surface area contributed by atoms with Crippen molar-refractivity contribution in [2.75, 3.05) is 11.9 Å². The van der Waals surface area contributed by atoms with Crippen molar-refractivity contribution >= 4 is 38.3 Å². The van der Waals surface area contributed by atoms with Crippen LogP contribution in [-0.4, -0.2) is 12.5 Å². The van der Waals surface area contributed by atoms with Gasteiger partial charge in [-0.1, -0.05) is 54.0 Å². The third-order valence-electron chi connectivity index (χ3n) is 2.76. The smallest absolute Gasteiger partial charge is 0.193 e. The lowest BCUT2D eigenvalue weighted by Crippen LogP contribution is -2.23. The average Bonchev–Trinajstić information content (AvgIpc) is 2.40. The maximum Gasteiger partial charge on any atom is 0.193 e. The number of aliphatic imine (C=N–C) groups is 1. The summed E-state index contributed by atoms with van der Waals surface area (Å²) in [6.07, 6.45) is 0. The number of guanidine groups is 1. The van der Waals surface area contributed by atoms with Crippen molar-refractivity contribution in [1.82, 2.24) is 0 Å². The number of rotatable bonds is 3. The Morgan fingerprint density at radius 1 is 1.21 bits per heavy atom. The zero-order chi connectivity index (χ0) is 13.8. The molecule has 0 saturated heterocycles. The molecule has 0 amide bonds. The predicted molar refractivity (Wildman–Crippen MR) is 86.6 cm³/mol. The molecule has 0 aliphatic rings. The molecular weight excluding hydrogens is 302 g/mol. The van der Waals surface area contributed by atoms with Gasteiger partial charge in [0.1, 0.15) is 0 Å². The van der Waals surface area contributed by atoms with Crippen molar-refractivity contribution < 1.29 is 0 Å². The molecule has 0 aliphatic heterocycles. The van der Waals surface area contributed by atoms with E-state index >= 15 is 0 Å². The van der Waals surface area contributed by atoms with E-state index in [-0.39, 0.29) is 0 Å². The van der Waals surface area contributed by atoms with Gasteiger partial charge in [-0.05, 0) is 23.4 Å².